The molecule has 0 bridgehead atoms. The molecular formula is C10H9ClN4O2S. The lowest BCUT2D eigenvalue weighted by atomic mass is 10.3. The van der Waals surface area contributed by atoms with Crippen molar-refractivity contribution < 1.29 is 8.42 Å². The molecule has 2 aromatic rings. The van der Waals surface area contributed by atoms with Crippen LogP contribution in [-0.2, 0) is 10.2 Å². The molecule has 0 atom stereocenters. The number of nitrogens with zero attached hydrogens (tertiary/aromatic N) is 4. The molecule has 0 fully saturated rings. The Hall–Kier alpha value is -1.62. The van der Waals surface area contributed by atoms with Crippen molar-refractivity contribution in [2.45, 2.75) is 0 Å². The van der Waals surface area contributed by atoms with Crippen molar-refractivity contribution in [3.63, 3.8) is 0 Å². The Kier molecular flexibility index (Phi) is 3.02. The Balaban J connectivity index is 2.90. The summed E-state index contributed by atoms with van der Waals surface area (Å²) in [6.45, 7) is 0. The van der Waals surface area contributed by atoms with Crippen LogP contribution >= 0.6 is 11.6 Å². The highest BCUT2D eigenvalue weighted by Gasteiger charge is 2.24. The van der Waals surface area contributed by atoms with Crippen LogP contribution in [0.1, 0.15) is 5.82 Å². The summed E-state index contributed by atoms with van der Waals surface area (Å²) >= 11 is 5.81. The van der Waals surface area contributed by atoms with Gasteiger partial charge in [-0.25, -0.2) is 4.98 Å². The number of benzene rings is 1. The largest absolute Gasteiger partial charge is 0.309 e. The predicted molar refractivity (Wildman–Crippen MR) is 67.5 cm³/mol. The van der Waals surface area contributed by atoms with Crippen molar-refractivity contribution in [3.05, 3.63) is 29.0 Å². The lowest BCUT2D eigenvalue weighted by Gasteiger charge is -2.13. The SMILES string of the molecule is CN(C)S(=O)(=O)n1c(C#N)nc2cc(Cl)ccc21. The summed E-state index contributed by atoms with van der Waals surface area (Å²) in [5, 5.41) is 9.41. The Morgan fingerprint density at radius 2 is 2.11 bits per heavy atom. The summed E-state index contributed by atoms with van der Waals surface area (Å²) in [4.78, 5) is 3.95. The van der Waals surface area contributed by atoms with Crippen molar-refractivity contribution in [1.29, 1.82) is 5.26 Å². The molecule has 0 spiro atoms. The number of hydrogen-bond acceptors (Lipinski definition) is 4. The first-order valence-electron chi connectivity index (χ1n) is 4.89. The van der Waals surface area contributed by atoms with Gasteiger partial charge in [-0.1, -0.05) is 11.6 Å². The van der Waals surface area contributed by atoms with E-state index in [1.165, 1.54) is 26.2 Å². The summed E-state index contributed by atoms with van der Waals surface area (Å²) in [7, 11) is -1.02. The molecule has 0 N–H and O–H groups in total. The molecule has 1 aromatic heterocycles. The van der Waals surface area contributed by atoms with E-state index in [1.807, 2.05) is 0 Å². The predicted octanol–water partition coefficient (Wildman–Crippen LogP) is 1.22. The highest BCUT2D eigenvalue weighted by atomic mass is 35.5. The monoisotopic (exact) mass is 284 g/mol. The number of nitriles is 1. The molecule has 0 aliphatic rings. The minimum Gasteiger partial charge on any atom is -0.218 e. The second-order valence-electron chi connectivity index (χ2n) is 3.73. The number of rotatable bonds is 2. The lowest BCUT2D eigenvalue weighted by molar-refractivity contribution is 0.511. The molecule has 0 aliphatic carbocycles. The fourth-order valence-electron chi connectivity index (χ4n) is 1.50. The first-order valence-corrected chi connectivity index (χ1v) is 6.66. The minimum absolute atomic E-state index is 0.194. The van der Waals surface area contributed by atoms with Gasteiger partial charge in [0.15, 0.2) is 0 Å². The molecule has 0 radical (unpaired) electrons. The molecule has 0 amide bonds. The van der Waals surface area contributed by atoms with Crippen LogP contribution in [0.2, 0.25) is 5.02 Å². The van der Waals surface area contributed by atoms with Gasteiger partial charge >= 0.3 is 10.2 Å². The second-order valence-corrected chi connectivity index (χ2v) is 6.16. The zero-order chi connectivity index (χ0) is 13.5. The fourth-order valence-corrected chi connectivity index (χ4v) is 2.69. The number of fused-ring (bicyclic) bond motifs is 1. The molecule has 1 aromatic carbocycles. The molecule has 0 saturated carbocycles. The number of hydrogen-bond donors (Lipinski definition) is 0. The van der Waals surface area contributed by atoms with Gasteiger partial charge in [0.05, 0.1) is 11.0 Å². The third-order valence-electron chi connectivity index (χ3n) is 2.37. The zero-order valence-electron chi connectivity index (χ0n) is 9.62. The Morgan fingerprint density at radius 3 is 2.67 bits per heavy atom. The van der Waals surface area contributed by atoms with Gasteiger partial charge in [-0.15, -0.1) is 0 Å². The Morgan fingerprint density at radius 1 is 1.44 bits per heavy atom. The van der Waals surface area contributed by atoms with Crippen LogP contribution in [0.25, 0.3) is 11.0 Å². The quantitative estimate of drug-likeness (QED) is 0.830. The second kappa shape index (κ2) is 4.24. The molecule has 1 heterocycles. The van der Waals surface area contributed by atoms with E-state index in [9.17, 15) is 8.42 Å². The van der Waals surface area contributed by atoms with Crippen LogP contribution in [0.4, 0.5) is 0 Å². The molecule has 6 nitrogen and oxygen atoms in total. The number of aromatic nitrogens is 2. The van der Waals surface area contributed by atoms with Gasteiger partial charge in [0, 0.05) is 19.1 Å². The van der Waals surface area contributed by atoms with Crippen molar-refractivity contribution in [2.75, 3.05) is 14.1 Å². The average Bonchev–Trinajstić information content (AvgIpc) is 2.66. The van der Waals surface area contributed by atoms with Gasteiger partial charge in [0.25, 0.3) is 0 Å². The molecule has 0 saturated heterocycles. The molecule has 2 rings (SSSR count). The Bertz CT molecular complexity index is 758. The lowest BCUT2D eigenvalue weighted by Crippen LogP contribution is -2.29. The van der Waals surface area contributed by atoms with Crippen LogP contribution in [0.3, 0.4) is 0 Å². The van der Waals surface area contributed by atoms with Crippen molar-refractivity contribution in [3.8, 4) is 6.07 Å². The summed E-state index contributed by atoms with van der Waals surface area (Å²) < 4.78 is 26.2. The van der Waals surface area contributed by atoms with E-state index >= 15 is 0 Å². The zero-order valence-corrected chi connectivity index (χ0v) is 11.2. The third-order valence-corrected chi connectivity index (χ3v) is 4.36. The minimum atomic E-state index is -3.79. The molecular weight excluding hydrogens is 276 g/mol. The first-order chi connectivity index (χ1) is 8.37. The van der Waals surface area contributed by atoms with Gasteiger partial charge in [0.2, 0.25) is 5.82 Å². The molecule has 8 heteroatoms. The van der Waals surface area contributed by atoms with Crippen LogP contribution in [0, 0.1) is 11.3 Å². The van der Waals surface area contributed by atoms with E-state index < -0.39 is 10.2 Å². The maximum atomic E-state index is 12.1. The van der Waals surface area contributed by atoms with E-state index in [0.717, 1.165) is 8.28 Å². The first kappa shape index (κ1) is 12.8. The highest BCUT2D eigenvalue weighted by Crippen LogP contribution is 2.22. The number of halogens is 1. The van der Waals surface area contributed by atoms with E-state index in [2.05, 4.69) is 4.98 Å². The van der Waals surface area contributed by atoms with Gasteiger partial charge in [-0.3, -0.25) is 0 Å². The average molecular weight is 285 g/mol. The van der Waals surface area contributed by atoms with Gasteiger partial charge in [0.1, 0.15) is 6.07 Å². The highest BCUT2D eigenvalue weighted by molar-refractivity contribution is 7.87. The van der Waals surface area contributed by atoms with Crippen LogP contribution in [0.15, 0.2) is 18.2 Å². The summed E-state index contributed by atoms with van der Waals surface area (Å²) in [5.74, 6) is -0.194. The van der Waals surface area contributed by atoms with E-state index in [-0.39, 0.29) is 5.82 Å². The van der Waals surface area contributed by atoms with Gasteiger partial charge < -0.3 is 0 Å². The summed E-state index contributed by atoms with van der Waals surface area (Å²) in [5.41, 5.74) is 0.689. The third kappa shape index (κ3) is 1.84. The summed E-state index contributed by atoms with van der Waals surface area (Å²) in [6.07, 6.45) is 0. The normalized spacial score (nSPS) is 11.9. The molecule has 0 aliphatic heterocycles. The van der Waals surface area contributed by atoms with Crippen LogP contribution in [0.5, 0.6) is 0 Å². The van der Waals surface area contributed by atoms with Crippen LogP contribution in [-0.4, -0.2) is 35.8 Å². The van der Waals surface area contributed by atoms with Crippen molar-refractivity contribution in [2.24, 2.45) is 0 Å². The maximum absolute atomic E-state index is 12.1. The Labute approximate surface area is 109 Å². The smallest absolute Gasteiger partial charge is 0.218 e. The van der Waals surface area contributed by atoms with E-state index in [0.29, 0.717) is 16.1 Å². The molecule has 94 valence electrons. The van der Waals surface area contributed by atoms with Crippen molar-refractivity contribution in [1.82, 2.24) is 13.3 Å². The van der Waals surface area contributed by atoms with Crippen LogP contribution < -0.4 is 0 Å². The molecule has 0 unspecified atom stereocenters. The van der Waals surface area contributed by atoms with E-state index in [1.54, 1.807) is 12.1 Å². The van der Waals surface area contributed by atoms with Crippen molar-refractivity contribution >= 4 is 32.8 Å². The summed E-state index contributed by atoms with van der Waals surface area (Å²) in [6, 6.07) is 6.35. The van der Waals surface area contributed by atoms with Gasteiger partial charge in [-0.2, -0.15) is 22.0 Å². The number of imidazole rings is 1. The maximum Gasteiger partial charge on any atom is 0.309 e. The van der Waals surface area contributed by atoms with Gasteiger partial charge in [-0.05, 0) is 18.2 Å². The topological polar surface area (TPSA) is 79.0 Å². The molecule has 18 heavy (non-hydrogen) atoms. The van der Waals surface area contributed by atoms with E-state index in [4.69, 9.17) is 16.9 Å². The fraction of sp³-hybridized carbons (Fsp3) is 0.200. The standard InChI is InChI=1S/C10H9ClN4O2S/c1-14(2)18(16,17)15-9-4-3-7(11)5-8(9)13-10(15)6-12/h3-5H,1-2H3.